The number of H-pyrrole nitrogens is 2. The largest absolute Gasteiger partial charge is 0.493 e. The van der Waals surface area contributed by atoms with Crippen molar-refractivity contribution in [1.82, 2.24) is 40.4 Å². The number of allylic oxidation sites excluding steroid dienone is 1. The van der Waals surface area contributed by atoms with E-state index in [2.05, 4.69) is 38.8 Å². The second-order valence-corrected chi connectivity index (χ2v) is 16.3. The number of carbonyl (C=O) groups is 4. The van der Waals surface area contributed by atoms with E-state index in [1.54, 1.807) is 22.2 Å². The lowest BCUT2D eigenvalue weighted by Gasteiger charge is -2.29. The highest BCUT2D eigenvalue weighted by atomic mass is 16.5. The van der Waals surface area contributed by atoms with E-state index in [1.807, 2.05) is 52.0 Å². The second kappa shape index (κ2) is 19.0. The molecule has 2 bridgehead atoms. The van der Waals surface area contributed by atoms with Gasteiger partial charge < -0.3 is 49.3 Å². The van der Waals surface area contributed by atoms with Gasteiger partial charge in [-0.05, 0) is 86.3 Å². The van der Waals surface area contributed by atoms with Gasteiger partial charge in [-0.1, -0.05) is 49.8 Å². The Kier molecular flexibility index (Phi) is 13.4. The summed E-state index contributed by atoms with van der Waals surface area (Å²) in [6, 6.07) is 12.1. The summed E-state index contributed by atoms with van der Waals surface area (Å²) in [5.74, 6) is 1.49. The Hall–Kier alpha value is -6.16. The van der Waals surface area contributed by atoms with E-state index < -0.39 is 24.3 Å². The molecule has 3 aliphatic rings. The van der Waals surface area contributed by atoms with Gasteiger partial charge in [0.2, 0.25) is 11.8 Å². The summed E-state index contributed by atoms with van der Waals surface area (Å²) in [5, 5.41) is 5.37. The van der Waals surface area contributed by atoms with Crippen LogP contribution in [-0.4, -0.2) is 113 Å². The fourth-order valence-corrected chi connectivity index (χ4v) is 8.20. The van der Waals surface area contributed by atoms with Gasteiger partial charge in [-0.25, -0.2) is 19.6 Å². The van der Waals surface area contributed by atoms with Crippen LogP contribution in [0.2, 0.25) is 0 Å². The normalized spacial score (nSPS) is 20.1. The fraction of sp³-hybridized carbons (Fsp3) is 0.467. The molecule has 2 aromatic carbocycles. The monoisotopic (exact) mass is 836 g/mol. The van der Waals surface area contributed by atoms with E-state index in [9.17, 15) is 19.2 Å². The number of hydrogen-bond acceptors (Lipinski definition) is 10. The van der Waals surface area contributed by atoms with E-state index in [0.717, 1.165) is 52.1 Å². The summed E-state index contributed by atoms with van der Waals surface area (Å²) in [4.78, 5) is 72.0. The van der Waals surface area contributed by atoms with Crippen molar-refractivity contribution in [2.45, 2.75) is 84.0 Å². The van der Waals surface area contributed by atoms with Crippen LogP contribution in [-0.2, 0) is 23.8 Å². The van der Waals surface area contributed by atoms with Crippen LogP contribution in [0.4, 0.5) is 9.59 Å². The lowest BCUT2D eigenvalue weighted by molar-refractivity contribution is -0.136. The number of alkyl carbamates (subject to hydrolysis) is 2. The Morgan fingerprint density at radius 3 is 2.25 bits per heavy atom. The molecule has 0 spiro atoms. The van der Waals surface area contributed by atoms with Gasteiger partial charge in [0.15, 0.2) is 0 Å². The van der Waals surface area contributed by atoms with Crippen molar-refractivity contribution in [2.75, 3.05) is 47.1 Å². The van der Waals surface area contributed by atoms with Gasteiger partial charge in [0, 0.05) is 25.3 Å². The van der Waals surface area contributed by atoms with Gasteiger partial charge in [0.05, 0.1) is 63.3 Å². The summed E-state index contributed by atoms with van der Waals surface area (Å²) in [5.41, 5.74) is 7.68. The quantitative estimate of drug-likeness (QED) is 0.146. The molecule has 324 valence electrons. The van der Waals surface area contributed by atoms with Crippen LogP contribution in [0.1, 0.15) is 83.5 Å². The van der Waals surface area contributed by atoms with Crippen LogP contribution < -0.4 is 15.4 Å². The predicted octanol–water partition coefficient (Wildman–Crippen LogP) is 6.70. The van der Waals surface area contributed by atoms with Crippen LogP contribution in [0.3, 0.4) is 0 Å². The second-order valence-electron chi connectivity index (χ2n) is 16.3. The number of imidazole rings is 2. The standard InChI is InChI=1S/C45H56N8O8/c1-26(2)31-20-37(53(24-31)43(55)39(27(3)4)51-45(57)59-6)41-46-22-33(48-41)29-13-11-28(12-14-29)30-15-16-32-34-23-47-40(49-34)36-10-9-17-52(36)42(54)35(50-44(56)58-5)25-60-18-7-8-19-61-38(32)21-30/h11-16,21-23,27,35-37,39H,7-10,17-20,24-25H2,1-6H3,(H,46,48)(H,47,49)(H,50,56)(H,51,57)/t35-,36-,37+,39+/m0/s1. The highest BCUT2D eigenvalue weighted by Crippen LogP contribution is 2.39. The first-order chi connectivity index (χ1) is 29.4. The van der Waals surface area contributed by atoms with Crippen LogP contribution in [0, 0.1) is 5.92 Å². The molecule has 61 heavy (non-hydrogen) atoms. The first-order valence-corrected chi connectivity index (χ1v) is 21.0. The summed E-state index contributed by atoms with van der Waals surface area (Å²) >= 11 is 0. The van der Waals surface area contributed by atoms with Crippen LogP contribution in [0.25, 0.3) is 33.6 Å². The highest BCUT2D eigenvalue weighted by molar-refractivity contribution is 5.87. The SMILES string of the molecule is COC(=O)N[C@H]1COCCCCOc2cc(-c3ccc(-c4cnc([C@H]5CC(=C(C)C)CN5C(=O)[C@H](NC(=O)OC)C(C)C)[nH]4)cc3)ccc2-c2cnc([nH]2)[C@@H]2CCCN2C1=O. The number of rotatable bonds is 7. The van der Waals surface area contributed by atoms with Crippen molar-refractivity contribution in [3.63, 3.8) is 0 Å². The number of amides is 4. The molecule has 4 N–H and O–H groups in total. The maximum absolute atomic E-state index is 13.9. The summed E-state index contributed by atoms with van der Waals surface area (Å²) in [6.07, 6.45) is 5.83. The van der Waals surface area contributed by atoms with E-state index in [1.165, 1.54) is 19.8 Å². The Balaban J connectivity index is 1.11. The van der Waals surface area contributed by atoms with Crippen LogP contribution >= 0.6 is 0 Å². The lowest BCUT2D eigenvalue weighted by atomic mass is 10.00. The van der Waals surface area contributed by atoms with Gasteiger partial charge >= 0.3 is 12.2 Å². The van der Waals surface area contributed by atoms with Crippen molar-refractivity contribution in [3.05, 3.63) is 77.7 Å². The van der Waals surface area contributed by atoms with Crippen molar-refractivity contribution >= 4 is 24.0 Å². The molecule has 2 saturated heterocycles. The Bertz CT molecular complexity index is 2240. The number of aromatic amines is 2. The average Bonchev–Trinajstić information content (AvgIpc) is 4.10. The molecule has 0 saturated carbocycles. The summed E-state index contributed by atoms with van der Waals surface area (Å²) in [6.45, 7) is 9.77. The van der Waals surface area contributed by atoms with Gasteiger partial charge in [0.1, 0.15) is 29.5 Å². The molecule has 4 atom stereocenters. The topological polar surface area (TPSA) is 193 Å². The van der Waals surface area contributed by atoms with E-state index >= 15 is 0 Å². The lowest BCUT2D eigenvalue weighted by Crippen LogP contribution is -2.51. The third-order valence-electron chi connectivity index (χ3n) is 11.7. The third-order valence-corrected chi connectivity index (χ3v) is 11.7. The molecular formula is C45H56N8O8. The predicted molar refractivity (Wildman–Crippen MR) is 227 cm³/mol. The number of likely N-dealkylation sites (tertiary alicyclic amines) is 1. The molecule has 3 aliphatic heterocycles. The molecule has 2 fully saturated rings. The molecule has 7 rings (SSSR count). The van der Waals surface area contributed by atoms with E-state index in [-0.39, 0.29) is 36.4 Å². The van der Waals surface area contributed by atoms with Gasteiger partial charge in [-0.3, -0.25) is 9.59 Å². The van der Waals surface area contributed by atoms with Crippen LogP contribution in [0.15, 0.2) is 66.0 Å². The smallest absolute Gasteiger partial charge is 0.407 e. The molecule has 4 amide bonds. The van der Waals surface area contributed by atoms with Gasteiger partial charge in [-0.2, -0.15) is 0 Å². The maximum atomic E-state index is 13.9. The number of nitrogens with one attached hydrogen (secondary N) is 4. The Morgan fingerprint density at radius 1 is 0.852 bits per heavy atom. The number of nitrogens with zero attached hydrogens (tertiary/aromatic N) is 4. The molecule has 4 aromatic rings. The Morgan fingerprint density at radius 2 is 1.52 bits per heavy atom. The number of methoxy groups -OCH3 is 2. The molecule has 0 aliphatic carbocycles. The number of hydrogen-bond donors (Lipinski definition) is 4. The van der Waals surface area contributed by atoms with Crippen molar-refractivity contribution in [3.8, 4) is 39.4 Å². The molecule has 16 heteroatoms. The first-order valence-electron chi connectivity index (χ1n) is 21.0. The molecule has 0 radical (unpaired) electrons. The highest BCUT2D eigenvalue weighted by Gasteiger charge is 2.40. The molecule has 16 nitrogen and oxygen atoms in total. The number of ether oxygens (including phenoxy) is 4. The zero-order valence-electron chi connectivity index (χ0n) is 35.7. The van der Waals surface area contributed by atoms with Gasteiger partial charge in [0.25, 0.3) is 0 Å². The Labute approximate surface area is 355 Å². The van der Waals surface area contributed by atoms with Crippen molar-refractivity contribution < 1.29 is 38.1 Å². The summed E-state index contributed by atoms with van der Waals surface area (Å²) < 4.78 is 21.9. The number of fused-ring (bicyclic) bond motifs is 6. The molecule has 5 heterocycles. The molecule has 0 unspecified atom stereocenters. The van der Waals surface area contributed by atoms with Crippen molar-refractivity contribution in [2.24, 2.45) is 5.92 Å². The number of benzene rings is 2. The maximum Gasteiger partial charge on any atom is 0.407 e. The zero-order chi connectivity index (χ0) is 43.2. The minimum atomic E-state index is -0.880. The third kappa shape index (κ3) is 9.59. The van der Waals surface area contributed by atoms with Crippen LogP contribution in [0.5, 0.6) is 5.75 Å². The molecule has 2 aromatic heterocycles. The van der Waals surface area contributed by atoms with Gasteiger partial charge in [-0.15, -0.1) is 0 Å². The number of aromatic nitrogens is 4. The zero-order valence-corrected chi connectivity index (χ0v) is 35.7. The molecular weight excluding hydrogens is 781 g/mol. The minimum Gasteiger partial charge on any atom is -0.493 e. The van der Waals surface area contributed by atoms with E-state index in [0.29, 0.717) is 63.0 Å². The van der Waals surface area contributed by atoms with E-state index in [4.69, 9.17) is 28.9 Å². The average molecular weight is 837 g/mol. The summed E-state index contributed by atoms with van der Waals surface area (Å²) in [7, 11) is 2.56. The van der Waals surface area contributed by atoms with Crippen molar-refractivity contribution in [1.29, 1.82) is 0 Å². The fourth-order valence-electron chi connectivity index (χ4n) is 8.20. The minimum absolute atomic E-state index is 0.0294. The number of carbonyl (C=O) groups excluding carboxylic acids is 4. The first kappa shape index (κ1) is 42.9.